The Labute approximate surface area is 126 Å². The standard InChI is InChI=1S/C13H16BrN5O/c1-3-20-13-17-11(15)16-12(18-13)19(2)8-9-4-6-10(14)7-5-9/h4-7H,3,8H2,1-2H3,(H2,15,16,17,18). The molecule has 0 aliphatic rings. The van der Waals surface area contributed by atoms with Crippen molar-refractivity contribution in [3.8, 4) is 6.01 Å². The molecule has 0 aliphatic heterocycles. The van der Waals surface area contributed by atoms with E-state index in [1.165, 1.54) is 0 Å². The minimum Gasteiger partial charge on any atom is -0.464 e. The molecule has 20 heavy (non-hydrogen) atoms. The highest BCUT2D eigenvalue weighted by molar-refractivity contribution is 9.10. The number of anilines is 2. The zero-order valence-corrected chi connectivity index (χ0v) is 13.0. The van der Waals surface area contributed by atoms with Gasteiger partial charge in [0.1, 0.15) is 0 Å². The summed E-state index contributed by atoms with van der Waals surface area (Å²) in [5.41, 5.74) is 6.81. The summed E-state index contributed by atoms with van der Waals surface area (Å²) < 4.78 is 6.32. The van der Waals surface area contributed by atoms with Crippen LogP contribution in [0.5, 0.6) is 6.01 Å². The van der Waals surface area contributed by atoms with E-state index in [9.17, 15) is 0 Å². The first-order valence-corrected chi connectivity index (χ1v) is 6.97. The molecule has 106 valence electrons. The van der Waals surface area contributed by atoms with Crippen LogP contribution in [0.15, 0.2) is 28.7 Å². The summed E-state index contributed by atoms with van der Waals surface area (Å²) in [5, 5.41) is 0. The summed E-state index contributed by atoms with van der Waals surface area (Å²) in [5.74, 6) is 0.643. The van der Waals surface area contributed by atoms with Gasteiger partial charge in [-0.15, -0.1) is 0 Å². The molecule has 1 aromatic carbocycles. The average molecular weight is 338 g/mol. The lowest BCUT2D eigenvalue weighted by molar-refractivity contribution is 0.312. The molecule has 0 spiro atoms. The largest absolute Gasteiger partial charge is 0.464 e. The molecule has 0 fully saturated rings. The van der Waals surface area contributed by atoms with Gasteiger partial charge in [0.15, 0.2) is 0 Å². The first-order chi connectivity index (χ1) is 9.58. The summed E-state index contributed by atoms with van der Waals surface area (Å²) in [6.45, 7) is 3.02. The Bertz CT molecular complexity index is 575. The molecule has 2 rings (SSSR count). The molecule has 2 aromatic rings. The quantitative estimate of drug-likeness (QED) is 0.901. The number of nitrogens with zero attached hydrogens (tertiary/aromatic N) is 4. The molecular formula is C13H16BrN5O. The van der Waals surface area contributed by atoms with E-state index in [4.69, 9.17) is 10.5 Å². The van der Waals surface area contributed by atoms with Gasteiger partial charge in [0, 0.05) is 18.1 Å². The predicted molar refractivity (Wildman–Crippen MR) is 81.7 cm³/mol. The molecular weight excluding hydrogens is 322 g/mol. The van der Waals surface area contributed by atoms with Crippen molar-refractivity contribution in [3.05, 3.63) is 34.3 Å². The molecule has 0 saturated heterocycles. The van der Waals surface area contributed by atoms with Crippen molar-refractivity contribution >= 4 is 27.8 Å². The molecule has 0 amide bonds. The molecule has 7 heteroatoms. The van der Waals surface area contributed by atoms with Crippen LogP contribution in [0, 0.1) is 0 Å². The van der Waals surface area contributed by atoms with Gasteiger partial charge in [0.05, 0.1) is 6.61 Å². The van der Waals surface area contributed by atoms with E-state index in [1.54, 1.807) is 0 Å². The Kier molecular flexibility index (Phi) is 4.73. The zero-order chi connectivity index (χ0) is 14.5. The van der Waals surface area contributed by atoms with E-state index >= 15 is 0 Å². The second-order valence-corrected chi connectivity index (χ2v) is 5.11. The molecule has 1 heterocycles. The van der Waals surface area contributed by atoms with Gasteiger partial charge in [0.2, 0.25) is 11.9 Å². The van der Waals surface area contributed by atoms with Gasteiger partial charge in [-0.3, -0.25) is 0 Å². The maximum atomic E-state index is 5.67. The van der Waals surface area contributed by atoms with Gasteiger partial charge in [-0.25, -0.2) is 0 Å². The van der Waals surface area contributed by atoms with E-state index in [0.717, 1.165) is 10.0 Å². The number of hydrogen-bond acceptors (Lipinski definition) is 6. The van der Waals surface area contributed by atoms with E-state index in [-0.39, 0.29) is 12.0 Å². The van der Waals surface area contributed by atoms with E-state index < -0.39 is 0 Å². The smallest absolute Gasteiger partial charge is 0.323 e. The Morgan fingerprint density at radius 3 is 2.55 bits per heavy atom. The summed E-state index contributed by atoms with van der Waals surface area (Å²) in [6.07, 6.45) is 0. The van der Waals surface area contributed by atoms with Crippen molar-refractivity contribution < 1.29 is 4.74 Å². The lowest BCUT2D eigenvalue weighted by Gasteiger charge is -2.17. The number of benzene rings is 1. The van der Waals surface area contributed by atoms with Crippen LogP contribution in [-0.4, -0.2) is 28.6 Å². The van der Waals surface area contributed by atoms with Crippen molar-refractivity contribution in [1.82, 2.24) is 15.0 Å². The van der Waals surface area contributed by atoms with Crippen LogP contribution in [0.4, 0.5) is 11.9 Å². The summed E-state index contributed by atoms with van der Waals surface area (Å²) in [4.78, 5) is 14.2. The van der Waals surface area contributed by atoms with Crippen molar-refractivity contribution in [3.63, 3.8) is 0 Å². The first kappa shape index (κ1) is 14.5. The van der Waals surface area contributed by atoms with Crippen LogP contribution in [0.3, 0.4) is 0 Å². The molecule has 0 atom stereocenters. The normalized spacial score (nSPS) is 10.3. The number of nitrogen functional groups attached to an aromatic ring is 1. The molecule has 2 N–H and O–H groups in total. The van der Waals surface area contributed by atoms with Gasteiger partial charge < -0.3 is 15.4 Å². The topological polar surface area (TPSA) is 77.2 Å². The lowest BCUT2D eigenvalue weighted by atomic mass is 10.2. The van der Waals surface area contributed by atoms with Crippen LogP contribution in [0.25, 0.3) is 0 Å². The van der Waals surface area contributed by atoms with Crippen LogP contribution < -0.4 is 15.4 Å². The number of hydrogen-bond donors (Lipinski definition) is 1. The van der Waals surface area contributed by atoms with E-state index in [0.29, 0.717) is 19.1 Å². The summed E-state index contributed by atoms with van der Waals surface area (Å²) in [7, 11) is 1.90. The van der Waals surface area contributed by atoms with Gasteiger partial charge in [-0.2, -0.15) is 15.0 Å². The number of nitrogens with two attached hydrogens (primary N) is 1. The Morgan fingerprint density at radius 1 is 1.20 bits per heavy atom. The van der Waals surface area contributed by atoms with Crippen LogP contribution >= 0.6 is 15.9 Å². The van der Waals surface area contributed by atoms with Crippen molar-refractivity contribution in [2.24, 2.45) is 0 Å². The minimum absolute atomic E-state index is 0.154. The molecule has 0 unspecified atom stereocenters. The fourth-order valence-electron chi connectivity index (χ4n) is 1.66. The molecule has 1 aromatic heterocycles. The van der Waals surface area contributed by atoms with Gasteiger partial charge >= 0.3 is 6.01 Å². The number of aromatic nitrogens is 3. The van der Waals surface area contributed by atoms with Crippen molar-refractivity contribution in [1.29, 1.82) is 0 Å². The second kappa shape index (κ2) is 6.51. The van der Waals surface area contributed by atoms with Crippen molar-refractivity contribution in [2.45, 2.75) is 13.5 Å². The van der Waals surface area contributed by atoms with E-state index in [1.807, 2.05) is 43.1 Å². The number of halogens is 1. The van der Waals surface area contributed by atoms with Crippen LogP contribution in [-0.2, 0) is 6.54 Å². The average Bonchev–Trinajstić information content (AvgIpc) is 2.41. The molecule has 6 nitrogen and oxygen atoms in total. The highest BCUT2D eigenvalue weighted by Gasteiger charge is 2.10. The second-order valence-electron chi connectivity index (χ2n) is 4.19. The monoisotopic (exact) mass is 337 g/mol. The van der Waals surface area contributed by atoms with Gasteiger partial charge in [-0.1, -0.05) is 28.1 Å². The predicted octanol–water partition coefficient (Wildman–Crippen LogP) is 2.25. The fraction of sp³-hybridized carbons (Fsp3) is 0.308. The highest BCUT2D eigenvalue weighted by Crippen LogP contribution is 2.16. The SMILES string of the molecule is CCOc1nc(N)nc(N(C)Cc2ccc(Br)cc2)n1. The van der Waals surface area contributed by atoms with Gasteiger partial charge in [-0.05, 0) is 24.6 Å². The summed E-state index contributed by atoms with van der Waals surface area (Å²) in [6, 6.07) is 8.31. The third-order valence-corrected chi connectivity index (χ3v) is 3.10. The molecule has 0 bridgehead atoms. The Balaban J connectivity index is 2.15. The third kappa shape index (κ3) is 3.80. The molecule has 0 aliphatic carbocycles. The maximum absolute atomic E-state index is 5.67. The fourth-order valence-corrected chi connectivity index (χ4v) is 1.92. The maximum Gasteiger partial charge on any atom is 0.323 e. The van der Waals surface area contributed by atoms with E-state index in [2.05, 4.69) is 30.9 Å². The summed E-state index contributed by atoms with van der Waals surface area (Å²) >= 11 is 3.41. The minimum atomic E-state index is 0.154. The Morgan fingerprint density at radius 2 is 1.90 bits per heavy atom. The third-order valence-electron chi connectivity index (χ3n) is 2.57. The highest BCUT2D eigenvalue weighted by atomic mass is 79.9. The zero-order valence-electron chi connectivity index (χ0n) is 11.4. The van der Waals surface area contributed by atoms with Crippen LogP contribution in [0.2, 0.25) is 0 Å². The first-order valence-electron chi connectivity index (χ1n) is 6.18. The lowest BCUT2D eigenvalue weighted by Crippen LogP contribution is -2.20. The van der Waals surface area contributed by atoms with Gasteiger partial charge in [0.25, 0.3) is 0 Å². The van der Waals surface area contributed by atoms with Crippen molar-refractivity contribution in [2.75, 3.05) is 24.3 Å². The Hall–Kier alpha value is -1.89. The molecule has 0 saturated carbocycles. The number of rotatable bonds is 5. The van der Waals surface area contributed by atoms with Crippen LogP contribution in [0.1, 0.15) is 12.5 Å². The molecule has 0 radical (unpaired) electrons. The number of ether oxygens (including phenoxy) is 1.